The van der Waals surface area contributed by atoms with Crippen molar-refractivity contribution in [3.63, 3.8) is 0 Å². The van der Waals surface area contributed by atoms with E-state index < -0.39 is 0 Å². The van der Waals surface area contributed by atoms with E-state index in [4.69, 9.17) is 4.98 Å². The Hall–Kier alpha value is -3.57. The zero-order valence-corrected chi connectivity index (χ0v) is 28.8. The second kappa shape index (κ2) is 13.6. The van der Waals surface area contributed by atoms with Gasteiger partial charge in [-0.05, 0) is 43.2 Å². The standard InChI is InChI=1S/C25H13N2S.C13H24O2.Ir/c1-2-6-16-14-20-19(13-15(16)5-1)17-9-10-22-23(18-7-3-4-8-21(18)28-22)24(17)27-12-11-26-25(20)27;1-5-10(6-2)12(14)9-13(15)11(7-3)8-4;/h1-13H;9-11,14H,5-8H2,1-4H3;/q-1;;/b;12-9-;. The molecule has 0 amide bonds. The van der Waals surface area contributed by atoms with Gasteiger partial charge in [-0.15, -0.1) is 34.9 Å². The van der Waals surface area contributed by atoms with Crippen LogP contribution < -0.4 is 0 Å². The minimum atomic E-state index is 0. The van der Waals surface area contributed by atoms with Crippen molar-refractivity contribution in [1.82, 2.24) is 9.38 Å². The number of rotatable bonds is 7. The molecule has 0 fully saturated rings. The van der Waals surface area contributed by atoms with E-state index >= 15 is 0 Å². The molecule has 227 valence electrons. The Kier molecular flexibility index (Phi) is 9.84. The molecule has 0 bridgehead atoms. The number of imidazole rings is 1. The zero-order valence-electron chi connectivity index (χ0n) is 25.6. The molecular weight excluding hydrogens is 741 g/mol. The van der Waals surface area contributed by atoms with Crippen molar-refractivity contribution in [2.75, 3.05) is 0 Å². The minimum Gasteiger partial charge on any atom is -0.512 e. The van der Waals surface area contributed by atoms with Crippen molar-refractivity contribution in [2.24, 2.45) is 11.8 Å². The molecule has 1 radical (unpaired) electrons. The molecule has 3 heterocycles. The molecule has 0 aliphatic heterocycles. The van der Waals surface area contributed by atoms with Gasteiger partial charge in [0.1, 0.15) is 0 Å². The summed E-state index contributed by atoms with van der Waals surface area (Å²) in [6.07, 6.45) is 8.88. The number of hydrogen-bond acceptors (Lipinski definition) is 4. The number of aliphatic hydroxyl groups excluding tert-OH is 1. The molecule has 7 rings (SSSR count). The number of nitrogens with zero attached hydrogens (tertiary/aromatic N) is 2. The molecule has 4 aromatic carbocycles. The van der Waals surface area contributed by atoms with Crippen LogP contribution in [0.3, 0.4) is 0 Å². The number of fused-ring (bicyclic) bond motifs is 11. The quantitative estimate of drug-likeness (QED) is 0.0577. The Morgan fingerprint density at radius 1 is 0.886 bits per heavy atom. The van der Waals surface area contributed by atoms with Crippen LogP contribution >= 0.6 is 11.3 Å². The van der Waals surface area contributed by atoms with Gasteiger partial charge in [0, 0.05) is 76.1 Å². The average Bonchev–Trinajstić information content (AvgIpc) is 3.67. The number of aliphatic hydroxyl groups is 1. The van der Waals surface area contributed by atoms with Gasteiger partial charge in [0.05, 0.1) is 11.4 Å². The van der Waals surface area contributed by atoms with Crippen LogP contribution in [-0.4, -0.2) is 20.3 Å². The smallest absolute Gasteiger partial charge is 0.162 e. The molecule has 0 aliphatic rings. The van der Waals surface area contributed by atoms with E-state index in [1.54, 1.807) is 0 Å². The van der Waals surface area contributed by atoms with Crippen molar-refractivity contribution >= 4 is 75.4 Å². The summed E-state index contributed by atoms with van der Waals surface area (Å²) < 4.78 is 4.88. The van der Waals surface area contributed by atoms with Crippen molar-refractivity contribution in [1.29, 1.82) is 0 Å². The Morgan fingerprint density at radius 2 is 1.59 bits per heavy atom. The van der Waals surface area contributed by atoms with Gasteiger partial charge < -0.3 is 9.51 Å². The average molecular weight is 778 g/mol. The van der Waals surface area contributed by atoms with Crippen LogP contribution in [0.25, 0.3) is 58.3 Å². The predicted octanol–water partition coefficient (Wildman–Crippen LogP) is 10.8. The molecule has 0 aliphatic carbocycles. The summed E-state index contributed by atoms with van der Waals surface area (Å²) in [7, 11) is 0. The molecule has 0 spiro atoms. The van der Waals surface area contributed by atoms with Crippen molar-refractivity contribution in [2.45, 2.75) is 53.4 Å². The summed E-state index contributed by atoms with van der Waals surface area (Å²) in [6, 6.07) is 27.5. The van der Waals surface area contributed by atoms with E-state index in [-0.39, 0.29) is 43.5 Å². The molecule has 4 nitrogen and oxygen atoms in total. The molecule has 1 N–H and O–H groups in total. The number of pyridine rings is 1. The Morgan fingerprint density at radius 3 is 2.34 bits per heavy atom. The van der Waals surface area contributed by atoms with Crippen LogP contribution in [-0.2, 0) is 24.9 Å². The number of carbonyl (C=O) groups excluding carboxylic acids is 1. The maximum absolute atomic E-state index is 11.7. The summed E-state index contributed by atoms with van der Waals surface area (Å²) >= 11 is 1.85. The van der Waals surface area contributed by atoms with Crippen LogP contribution in [0.2, 0.25) is 0 Å². The van der Waals surface area contributed by atoms with Gasteiger partial charge in [-0.2, -0.15) is 0 Å². The molecule has 0 unspecified atom stereocenters. The van der Waals surface area contributed by atoms with Crippen molar-refractivity contribution < 1.29 is 30.0 Å². The molecule has 6 heteroatoms. The van der Waals surface area contributed by atoms with Gasteiger partial charge >= 0.3 is 0 Å². The third-order valence-corrected chi connectivity index (χ3v) is 9.92. The minimum absolute atomic E-state index is 0. The van der Waals surface area contributed by atoms with Crippen molar-refractivity contribution in [3.05, 3.63) is 97.0 Å². The van der Waals surface area contributed by atoms with Crippen LogP contribution in [0.4, 0.5) is 0 Å². The topological polar surface area (TPSA) is 54.6 Å². The van der Waals surface area contributed by atoms with Gasteiger partial charge in [0.15, 0.2) is 5.78 Å². The number of carbonyl (C=O) groups is 1. The first-order chi connectivity index (χ1) is 21.0. The monoisotopic (exact) mass is 778 g/mol. The molecule has 0 saturated heterocycles. The Bertz CT molecular complexity index is 2130. The fraction of sp³-hybridized carbons (Fsp3) is 0.263. The van der Waals surface area contributed by atoms with Crippen LogP contribution in [0.1, 0.15) is 53.4 Å². The largest absolute Gasteiger partial charge is 0.512 e. The SMILES string of the molecule is CCC(CC)C(=O)/C=C(\O)C(CC)CC.[Ir].[c-]1c2ccccc2cc2c1c1nccn1c1c2ccc2sc3ccccc3c21. The molecule has 0 saturated carbocycles. The molecule has 0 atom stereocenters. The van der Waals surface area contributed by atoms with Gasteiger partial charge in [-0.1, -0.05) is 86.3 Å². The zero-order chi connectivity index (χ0) is 30.1. The first-order valence-corrected chi connectivity index (χ1v) is 16.2. The van der Waals surface area contributed by atoms with Crippen LogP contribution in [0, 0.1) is 17.9 Å². The number of allylic oxidation sites excluding steroid dienone is 2. The normalized spacial score (nSPS) is 12.1. The second-order valence-corrected chi connectivity index (χ2v) is 12.3. The molecule has 3 aromatic heterocycles. The maximum Gasteiger partial charge on any atom is 0.162 e. The Labute approximate surface area is 275 Å². The fourth-order valence-corrected chi connectivity index (χ4v) is 7.38. The first kappa shape index (κ1) is 31.8. The van der Waals surface area contributed by atoms with Crippen LogP contribution in [0.5, 0.6) is 0 Å². The number of ketones is 1. The van der Waals surface area contributed by atoms with Crippen LogP contribution in [0.15, 0.2) is 91.0 Å². The number of hydrogen-bond donors (Lipinski definition) is 1. The summed E-state index contributed by atoms with van der Waals surface area (Å²) in [5, 5.41) is 18.3. The van der Waals surface area contributed by atoms with Gasteiger partial charge in [0.2, 0.25) is 0 Å². The fourth-order valence-electron chi connectivity index (χ4n) is 6.27. The predicted molar refractivity (Wildman–Crippen MR) is 183 cm³/mol. The first-order valence-electron chi connectivity index (χ1n) is 15.4. The molecule has 7 aromatic rings. The molecular formula is C38H37IrN2O2S-. The van der Waals surface area contributed by atoms with Crippen molar-refractivity contribution in [3.8, 4) is 0 Å². The third-order valence-electron chi connectivity index (χ3n) is 8.78. The number of thiophene rings is 1. The Balaban J connectivity index is 0.000000209. The summed E-state index contributed by atoms with van der Waals surface area (Å²) in [4.78, 5) is 16.4. The van der Waals surface area contributed by atoms with Gasteiger partial charge in [-0.25, -0.2) is 0 Å². The van der Waals surface area contributed by atoms with E-state index in [0.29, 0.717) is 0 Å². The van der Waals surface area contributed by atoms with E-state index in [2.05, 4.69) is 83.4 Å². The van der Waals surface area contributed by atoms with Gasteiger partial charge in [-0.3, -0.25) is 9.78 Å². The summed E-state index contributed by atoms with van der Waals surface area (Å²) in [6.45, 7) is 8.07. The summed E-state index contributed by atoms with van der Waals surface area (Å²) in [5.41, 5.74) is 2.20. The number of benzene rings is 4. The maximum atomic E-state index is 11.7. The number of aromatic nitrogens is 2. The van der Waals surface area contributed by atoms with E-state index in [1.165, 1.54) is 47.9 Å². The summed E-state index contributed by atoms with van der Waals surface area (Å²) in [5.74, 6) is 0.547. The molecule has 44 heavy (non-hydrogen) atoms. The van der Waals surface area contributed by atoms with Gasteiger partial charge in [0.25, 0.3) is 0 Å². The third kappa shape index (κ3) is 5.67. The van der Waals surface area contributed by atoms with E-state index in [0.717, 1.165) is 42.1 Å². The van der Waals surface area contributed by atoms with E-state index in [9.17, 15) is 9.90 Å². The van der Waals surface area contributed by atoms with E-state index in [1.807, 2.05) is 45.2 Å². The second-order valence-electron chi connectivity index (χ2n) is 11.2.